The summed E-state index contributed by atoms with van der Waals surface area (Å²) >= 11 is 0. The molecule has 2 heterocycles. The zero-order chi connectivity index (χ0) is 13.3. The van der Waals surface area contributed by atoms with Gasteiger partial charge in [0.1, 0.15) is 11.1 Å². The molecule has 1 fully saturated rings. The molecule has 1 unspecified atom stereocenters. The number of hydrogen-bond donors (Lipinski definition) is 0. The predicted molar refractivity (Wildman–Crippen MR) is 66.7 cm³/mol. The molecule has 0 N–H and O–H groups in total. The largest absolute Gasteiger partial charge is 0.340 e. The highest BCUT2D eigenvalue weighted by Gasteiger charge is 2.36. The van der Waals surface area contributed by atoms with Gasteiger partial charge < -0.3 is 9.47 Å². The van der Waals surface area contributed by atoms with Gasteiger partial charge in [-0.1, -0.05) is 0 Å². The Morgan fingerprint density at radius 2 is 2.22 bits per heavy atom. The SMILES string of the molecule is Cc1nccn1CCN1CC(S(=O)(=O)Cl)CC1=O. The van der Waals surface area contributed by atoms with Gasteiger partial charge in [0.25, 0.3) is 0 Å². The second-order valence-corrected chi connectivity index (χ2v) is 7.22. The van der Waals surface area contributed by atoms with Crippen LogP contribution in [0.5, 0.6) is 0 Å². The van der Waals surface area contributed by atoms with Gasteiger partial charge in [-0.25, -0.2) is 13.4 Å². The monoisotopic (exact) mass is 291 g/mol. The molecule has 0 bridgehead atoms. The third-order valence-corrected chi connectivity index (χ3v) is 4.98. The van der Waals surface area contributed by atoms with E-state index in [0.717, 1.165) is 5.82 Å². The molecule has 0 saturated carbocycles. The molecule has 1 aliphatic heterocycles. The van der Waals surface area contributed by atoms with Gasteiger partial charge in [-0.2, -0.15) is 0 Å². The van der Waals surface area contributed by atoms with Crippen molar-refractivity contribution in [2.75, 3.05) is 13.1 Å². The van der Waals surface area contributed by atoms with Gasteiger partial charge in [0.15, 0.2) is 0 Å². The van der Waals surface area contributed by atoms with E-state index in [9.17, 15) is 13.2 Å². The average Bonchev–Trinajstić information content (AvgIpc) is 2.82. The van der Waals surface area contributed by atoms with Gasteiger partial charge in [0, 0.05) is 49.1 Å². The Kier molecular flexibility index (Phi) is 3.63. The first-order valence-electron chi connectivity index (χ1n) is 5.57. The van der Waals surface area contributed by atoms with Crippen LogP contribution in [0.1, 0.15) is 12.2 Å². The Morgan fingerprint density at radius 3 is 2.72 bits per heavy atom. The van der Waals surface area contributed by atoms with Gasteiger partial charge >= 0.3 is 0 Å². The van der Waals surface area contributed by atoms with Gasteiger partial charge in [-0.3, -0.25) is 4.79 Å². The van der Waals surface area contributed by atoms with Crippen LogP contribution in [0.25, 0.3) is 0 Å². The normalized spacial score (nSPS) is 20.7. The van der Waals surface area contributed by atoms with Crippen molar-refractivity contribution < 1.29 is 13.2 Å². The van der Waals surface area contributed by atoms with Gasteiger partial charge in [-0.15, -0.1) is 0 Å². The summed E-state index contributed by atoms with van der Waals surface area (Å²) in [5.74, 6) is 0.699. The molecule has 1 saturated heterocycles. The van der Waals surface area contributed by atoms with Crippen LogP contribution < -0.4 is 0 Å². The van der Waals surface area contributed by atoms with Crippen LogP contribution in [0.4, 0.5) is 0 Å². The molecule has 6 nitrogen and oxygen atoms in total. The summed E-state index contributed by atoms with van der Waals surface area (Å²) in [5.41, 5.74) is 0. The molecule has 100 valence electrons. The molecule has 0 aliphatic carbocycles. The lowest BCUT2D eigenvalue weighted by Crippen LogP contribution is -2.30. The number of amides is 1. The average molecular weight is 292 g/mol. The van der Waals surface area contributed by atoms with Crippen molar-refractivity contribution in [1.29, 1.82) is 0 Å². The fraction of sp³-hybridized carbons (Fsp3) is 0.600. The van der Waals surface area contributed by atoms with Crippen molar-refractivity contribution in [3.63, 3.8) is 0 Å². The molecular formula is C10H14ClN3O3S. The summed E-state index contributed by atoms with van der Waals surface area (Å²) in [7, 11) is 1.62. The van der Waals surface area contributed by atoms with E-state index in [-0.39, 0.29) is 18.9 Å². The van der Waals surface area contributed by atoms with E-state index in [1.807, 2.05) is 17.7 Å². The van der Waals surface area contributed by atoms with Crippen LogP contribution in [0.2, 0.25) is 0 Å². The standard InChI is InChI=1S/C10H14ClN3O3S/c1-8-12-2-3-13(8)4-5-14-7-9(6-10(14)15)18(11,16)17/h2-3,9H,4-7H2,1H3. The minimum atomic E-state index is -3.66. The summed E-state index contributed by atoms with van der Waals surface area (Å²) < 4.78 is 24.3. The van der Waals surface area contributed by atoms with Gasteiger partial charge in [0.05, 0.1) is 0 Å². The van der Waals surface area contributed by atoms with Crippen molar-refractivity contribution in [3.8, 4) is 0 Å². The Labute approximate surface area is 110 Å². The summed E-state index contributed by atoms with van der Waals surface area (Å²) in [6.45, 7) is 3.13. The van der Waals surface area contributed by atoms with Crippen LogP contribution in [0, 0.1) is 6.92 Å². The number of rotatable bonds is 4. The van der Waals surface area contributed by atoms with Gasteiger partial charge in [-0.05, 0) is 6.92 Å². The molecule has 0 radical (unpaired) electrons. The Bertz CT molecular complexity index is 554. The number of hydrogen-bond acceptors (Lipinski definition) is 4. The molecule has 2 rings (SSSR count). The highest BCUT2D eigenvalue weighted by molar-refractivity contribution is 8.14. The maximum Gasteiger partial charge on any atom is 0.237 e. The summed E-state index contributed by atoms with van der Waals surface area (Å²) in [6.07, 6.45) is 3.49. The Balaban J connectivity index is 1.95. The molecular weight excluding hydrogens is 278 g/mol. The molecule has 0 aromatic carbocycles. The fourth-order valence-corrected chi connectivity index (χ4v) is 3.07. The zero-order valence-electron chi connectivity index (χ0n) is 9.91. The summed E-state index contributed by atoms with van der Waals surface area (Å²) in [5, 5.41) is -0.782. The number of nitrogens with zero attached hydrogens (tertiary/aromatic N) is 3. The zero-order valence-corrected chi connectivity index (χ0v) is 11.5. The minimum Gasteiger partial charge on any atom is -0.340 e. The van der Waals surface area contributed by atoms with Crippen LogP contribution >= 0.6 is 10.7 Å². The first kappa shape index (κ1) is 13.4. The van der Waals surface area contributed by atoms with E-state index in [1.165, 1.54) is 4.90 Å². The maximum atomic E-state index is 11.7. The first-order chi connectivity index (χ1) is 8.38. The van der Waals surface area contributed by atoms with E-state index in [0.29, 0.717) is 13.1 Å². The lowest BCUT2D eigenvalue weighted by molar-refractivity contribution is -0.127. The Morgan fingerprint density at radius 1 is 1.50 bits per heavy atom. The molecule has 1 atom stereocenters. The number of aryl methyl sites for hydroxylation is 1. The topological polar surface area (TPSA) is 72.3 Å². The van der Waals surface area contributed by atoms with E-state index in [1.54, 1.807) is 6.20 Å². The number of likely N-dealkylation sites (tertiary alicyclic amines) is 1. The van der Waals surface area contributed by atoms with Crippen molar-refractivity contribution in [1.82, 2.24) is 14.5 Å². The molecule has 8 heteroatoms. The molecule has 1 aromatic heterocycles. The third kappa shape index (κ3) is 2.84. The second kappa shape index (κ2) is 4.89. The lowest BCUT2D eigenvalue weighted by Gasteiger charge is -2.16. The quantitative estimate of drug-likeness (QED) is 0.751. The minimum absolute atomic E-state index is 0.0191. The number of carbonyl (C=O) groups excluding carboxylic acids is 1. The van der Waals surface area contributed by atoms with Crippen LogP contribution in [-0.4, -0.2) is 47.1 Å². The summed E-state index contributed by atoms with van der Waals surface area (Å²) in [4.78, 5) is 17.3. The second-order valence-electron chi connectivity index (χ2n) is 4.31. The summed E-state index contributed by atoms with van der Waals surface area (Å²) in [6, 6.07) is 0. The van der Waals surface area contributed by atoms with Crippen molar-refractivity contribution in [3.05, 3.63) is 18.2 Å². The third-order valence-electron chi connectivity index (χ3n) is 3.11. The number of carbonyl (C=O) groups is 1. The van der Waals surface area contributed by atoms with E-state index in [4.69, 9.17) is 10.7 Å². The van der Waals surface area contributed by atoms with E-state index >= 15 is 0 Å². The van der Waals surface area contributed by atoms with E-state index in [2.05, 4.69) is 4.98 Å². The number of imidazole rings is 1. The van der Waals surface area contributed by atoms with Crippen molar-refractivity contribution in [2.45, 2.75) is 25.1 Å². The maximum absolute atomic E-state index is 11.7. The van der Waals surface area contributed by atoms with Crippen molar-refractivity contribution >= 4 is 25.6 Å². The smallest absolute Gasteiger partial charge is 0.237 e. The molecule has 1 aliphatic rings. The van der Waals surface area contributed by atoms with Gasteiger partial charge in [0.2, 0.25) is 15.0 Å². The molecule has 1 amide bonds. The van der Waals surface area contributed by atoms with Crippen LogP contribution in [0.15, 0.2) is 12.4 Å². The molecule has 0 spiro atoms. The van der Waals surface area contributed by atoms with Crippen LogP contribution in [0.3, 0.4) is 0 Å². The highest BCUT2D eigenvalue weighted by atomic mass is 35.7. The first-order valence-corrected chi connectivity index (χ1v) is 7.94. The van der Waals surface area contributed by atoms with E-state index < -0.39 is 14.3 Å². The molecule has 18 heavy (non-hydrogen) atoms. The van der Waals surface area contributed by atoms with Crippen molar-refractivity contribution in [2.24, 2.45) is 0 Å². The predicted octanol–water partition coefficient (Wildman–Crippen LogP) is 0.361. The number of aromatic nitrogens is 2. The fourth-order valence-electron chi connectivity index (χ4n) is 2.01. The lowest BCUT2D eigenvalue weighted by atomic mass is 10.4. The Hall–Kier alpha value is -1.08. The van der Waals surface area contributed by atoms with Crippen LogP contribution in [-0.2, 0) is 20.4 Å². The highest BCUT2D eigenvalue weighted by Crippen LogP contribution is 2.21. The molecule has 1 aromatic rings. The number of halogens is 1.